The van der Waals surface area contributed by atoms with E-state index < -0.39 is 0 Å². The Morgan fingerprint density at radius 3 is 1.85 bits per heavy atom. The monoisotopic (exact) mass is 264 g/mol. The Morgan fingerprint density at radius 1 is 0.950 bits per heavy atom. The van der Waals surface area contributed by atoms with Crippen molar-refractivity contribution in [3.8, 4) is 11.1 Å². The molecule has 0 heterocycles. The van der Waals surface area contributed by atoms with Crippen LogP contribution in [0.25, 0.3) is 11.1 Å². The van der Waals surface area contributed by atoms with Crippen LogP contribution in [0, 0.1) is 5.41 Å². The van der Waals surface area contributed by atoms with E-state index in [2.05, 4.69) is 45.0 Å². The second-order valence-corrected chi connectivity index (χ2v) is 6.21. The zero-order valence-corrected chi connectivity index (χ0v) is 12.3. The lowest BCUT2D eigenvalue weighted by atomic mass is 9.76. The standard InChI is InChI=1S/C19H20O/c1-4-19(2,3)18(20)17-15-11-7-5-9-13(15)14-10-6-8-12-16(14)17/h5-12,17H,4H2,1-3H3. The summed E-state index contributed by atoms with van der Waals surface area (Å²) in [6.45, 7) is 6.20. The maximum Gasteiger partial charge on any atom is 0.150 e. The second-order valence-electron chi connectivity index (χ2n) is 6.21. The molecule has 0 saturated heterocycles. The summed E-state index contributed by atoms with van der Waals surface area (Å²) in [6, 6.07) is 16.6. The van der Waals surface area contributed by atoms with Crippen LogP contribution in [0.2, 0.25) is 0 Å². The molecule has 0 aliphatic heterocycles. The molecule has 0 aromatic heterocycles. The molecule has 0 spiro atoms. The highest BCUT2D eigenvalue weighted by atomic mass is 16.1. The predicted octanol–water partition coefficient (Wildman–Crippen LogP) is 4.80. The molecule has 0 atom stereocenters. The van der Waals surface area contributed by atoms with E-state index in [4.69, 9.17) is 0 Å². The number of carbonyl (C=O) groups excluding carboxylic acids is 1. The van der Waals surface area contributed by atoms with Gasteiger partial charge in [-0.15, -0.1) is 0 Å². The molecule has 1 heteroatoms. The fraction of sp³-hybridized carbons (Fsp3) is 0.316. The smallest absolute Gasteiger partial charge is 0.150 e. The molecule has 0 N–H and O–H groups in total. The van der Waals surface area contributed by atoms with E-state index in [-0.39, 0.29) is 11.3 Å². The van der Waals surface area contributed by atoms with Gasteiger partial charge in [0.15, 0.2) is 0 Å². The van der Waals surface area contributed by atoms with Crippen molar-refractivity contribution in [2.24, 2.45) is 5.41 Å². The zero-order valence-electron chi connectivity index (χ0n) is 12.3. The van der Waals surface area contributed by atoms with Crippen molar-refractivity contribution in [3.63, 3.8) is 0 Å². The van der Waals surface area contributed by atoms with Crippen LogP contribution in [0.3, 0.4) is 0 Å². The van der Waals surface area contributed by atoms with Crippen molar-refractivity contribution >= 4 is 5.78 Å². The summed E-state index contributed by atoms with van der Waals surface area (Å²) in [4.78, 5) is 13.0. The van der Waals surface area contributed by atoms with Crippen molar-refractivity contribution in [1.29, 1.82) is 0 Å². The molecule has 20 heavy (non-hydrogen) atoms. The van der Waals surface area contributed by atoms with Crippen molar-refractivity contribution in [2.75, 3.05) is 0 Å². The fourth-order valence-corrected chi connectivity index (χ4v) is 3.00. The van der Waals surface area contributed by atoms with Crippen LogP contribution in [0.15, 0.2) is 48.5 Å². The minimum atomic E-state index is -0.283. The summed E-state index contributed by atoms with van der Waals surface area (Å²) in [5, 5.41) is 0. The van der Waals surface area contributed by atoms with Crippen molar-refractivity contribution in [2.45, 2.75) is 33.1 Å². The molecule has 0 bridgehead atoms. The number of Topliss-reactive ketones (excluding diaryl/α,β-unsaturated/α-hetero) is 1. The maximum atomic E-state index is 13.0. The molecule has 3 rings (SSSR count). The largest absolute Gasteiger partial charge is 0.298 e. The summed E-state index contributed by atoms with van der Waals surface area (Å²) >= 11 is 0. The molecular formula is C19H20O. The second kappa shape index (κ2) is 4.59. The van der Waals surface area contributed by atoms with Gasteiger partial charge < -0.3 is 0 Å². The van der Waals surface area contributed by atoms with Gasteiger partial charge in [0.2, 0.25) is 0 Å². The topological polar surface area (TPSA) is 17.1 Å². The van der Waals surface area contributed by atoms with Gasteiger partial charge in [-0.1, -0.05) is 69.3 Å². The SMILES string of the molecule is CCC(C)(C)C(=O)C1c2ccccc2-c2ccccc21. The van der Waals surface area contributed by atoms with Crippen molar-refractivity contribution < 1.29 is 4.79 Å². The van der Waals surface area contributed by atoms with Gasteiger partial charge in [0.1, 0.15) is 5.78 Å². The molecule has 2 aromatic carbocycles. The van der Waals surface area contributed by atoms with Crippen LogP contribution in [0.5, 0.6) is 0 Å². The first kappa shape index (κ1) is 13.1. The van der Waals surface area contributed by atoms with E-state index in [1.807, 2.05) is 24.3 Å². The molecule has 2 aromatic rings. The first-order valence-corrected chi connectivity index (χ1v) is 7.29. The van der Waals surface area contributed by atoms with E-state index in [1.54, 1.807) is 0 Å². The Hall–Kier alpha value is -1.89. The number of hydrogen-bond acceptors (Lipinski definition) is 1. The van der Waals surface area contributed by atoms with Crippen LogP contribution in [0.1, 0.15) is 44.2 Å². The van der Waals surface area contributed by atoms with Gasteiger partial charge in [0, 0.05) is 5.41 Å². The van der Waals surface area contributed by atoms with Crippen LogP contribution in [-0.4, -0.2) is 5.78 Å². The maximum absolute atomic E-state index is 13.0. The summed E-state index contributed by atoms with van der Waals surface area (Å²) in [5.74, 6) is 0.231. The van der Waals surface area contributed by atoms with E-state index in [9.17, 15) is 4.79 Å². The summed E-state index contributed by atoms with van der Waals surface area (Å²) in [7, 11) is 0. The number of fused-ring (bicyclic) bond motifs is 3. The number of ketones is 1. The molecule has 0 unspecified atom stereocenters. The average Bonchev–Trinajstić information content (AvgIpc) is 2.81. The molecule has 1 aliphatic carbocycles. The molecule has 1 nitrogen and oxygen atoms in total. The number of rotatable bonds is 3. The highest BCUT2D eigenvalue weighted by Crippen LogP contribution is 2.47. The Kier molecular flexibility index (Phi) is 3.01. The highest BCUT2D eigenvalue weighted by molar-refractivity contribution is 6.00. The minimum absolute atomic E-state index is 0.0997. The van der Waals surface area contributed by atoms with E-state index >= 15 is 0 Å². The van der Waals surface area contributed by atoms with Crippen molar-refractivity contribution in [3.05, 3.63) is 59.7 Å². The lowest BCUT2D eigenvalue weighted by Gasteiger charge is -2.26. The van der Waals surface area contributed by atoms with E-state index in [1.165, 1.54) is 22.3 Å². The summed E-state index contributed by atoms with van der Waals surface area (Å²) in [5.41, 5.74) is 4.48. The Morgan fingerprint density at radius 2 is 1.40 bits per heavy atom. The Labute approximate surface area is 120 Å². The quantitative estimate of drug-likeness (QED) is 0.778. The van der Waals surface area contributed by atoms with Gasteiger partial charge in [-0.2, -0.15) is 0 Å². The number of carbonyl (C=O) groups is 1. The van der Waals surface area contributed by atoms with E-state index in [0.29, 0.717) is 5.78 Å². The van der Waals surface area contributed by atoms with Crippen LogP contribution < -0.4 is 0 Å². The van der Waals surface area contributed by atoms with Crippen LogP contribution in [-0.2, 0) is 4.79 Å². The summed E-state index contributed by atoms with van der Waals surface area (Å²) in [6.07, 6.45) is 0.868. The summed E-state index contributed by atoms with van der Waals surface area (Å²) < 4.78 is 0. The lowest BCUT2D eigenvalue weighted by Crippen LogP contribution is -2.28. The first-order valence-electron chi connectivity index (χ1n) is 7.29. The molecule has 0 amide bonds. The van der Waals surface area contributed by atoms with Gasteiger partial charge in [-0.25, -0.2) is 0 Å². The molecule has 1 aliphatic rings. The van der Waals surface area contributed by atoms with Gasteiger partial charge in [-0.3, -0.25) is 4.79 Å². The zero-order chi connectivity index (χ0) is 14.3. The molecule has 0 saturated carbocycles. The molecular weight excluding hydrogens is 244 g/mol. The first-order chi connectivity index (χ1) is 9.56. The van der Waals surface area contributed by atoms with Gasteiger partial charge in [-0.05, 0) is 28.7 Å². The van der Waals surface area contributed by atoms with Gasteiger partial charge >= 0.3 is 0 Å². The van der Waals surface area contributed by atoms with Crippen LogP contribution in [0.4, 0.5) is 0 Å². The number of benzene rings is 2. The van der Waals surface area contributed by atoms with Crippen LogP contribution >= 0.6 is 0 Å². The van der Waals surface area contributed by atoms with Gasteiger partial charge in [0.05, 0.1) is 5.92 Å². The fourth-order valence-electron chi connectivity index (χ4n) is 3.00. The minimum Gasteiger partial charge on any atom is -0.298 e. The highest BCUT2D eigenvalue weighted by Gasteiger charge is 2.39. The normalized spacial score (nSPS) is 13.9. The van der Waals surface area contributed by atoms with Gasteiger partial charge in [0.25, 0.3) is 0 Å². The van der Waals surface area contributed by atoms with Crippen molar-refractivity contribution in [1.82, 2.24) is 0 Å². The third-order valence-electron chi connectivity index (χ3n) is 4.65. The average molecular weight is 264 g/mol. The molecule has 0 fully saturated rings. The predicted molar refractivity (Wildman–Crippen MR) is 82.8 cm³/mol. The Bertz CT molecular complexity index is 621. The third-order valence-corrected chi connectivity index (χ3v) is 4.65. The third kappa shape index (κ3) is 1.81. The molecule has 0 radical (unpaired) electrons. The Balaban J connectivity index is 2.19. The number of hydrogen-bond donors (Lipinski definition) is 0. The van der Waals surface area contributed by atoms with E-state index in [0.717, 1.165) is 6.42 Å². The lowest BCUT2D eigenvalue weighted by molar-refractivity contribution is -0.127. The molecule has 102 valence electrons.